The summed E-state index contributed by atoms with van der Waals surface area (Å²) in [5.41, 5.74) is -0.889. The number of halogens is 1. The highest BCUT2D eigenvalue weighted by atomic mass is 32.2. The standard InChI is InChI=1S/C8H8FNO4S/c1-5-3-6(15(2,13)14)4-7(8(5)9)10(11)12/h3-4H,1-2H3. The zero-order chi connectivity index (χ0) is 11.8. The molecular weight excluding hydrogens is 225 g/mol. The Balaban J connectivity index is 3.57. The molecule has 1 rings (SSSR count). The van der Waals surface area contributed by atoms with Crippen LogP contribution in [0.2, 0.25) is 0 Å². The molecule has 0 aromatic heterocycles. The molecule has 15 heavy (non-hydrogen) atoms. The van der Waals surface area contributed by atoms with Crippen molar-refractivity contribution in [2.45, 2.75) is 11.8 Å². The number of nitro benzene ring substituents is 1. The van der Waals surface area contributed by atoms with Crippen LogP contribution < -0.4 is 0 Å². The Hall–Kier alpha value is -1.50. The highest BCUT2D eigenvalue weighted by Crippen LogP contribution is 2.24. The molecule has 0 heterocycles. The Bertz CT molecular complexity index is 524. The molecule has 0 bridgehead atoms. The minimum absolute atomic E-state index is 0.0652. The van der Waals surface area contributed by atoms with Gasteiger partial charge in [0, 0.05) is 12.3 Å². The monoisotopic (exact) mass is 233 g/mol. The van der Waals surface area contributed by atoms with Gasteiger partial charge in [0.15, 0.2) is 9.84 Å². The summed E-state index contributed by atoms with van der Waals surface area (Å²) in [6.07, 6.45) is 0.906. The molecule has 0 aliphatic carbocycles. The fourth-order valence-corrected chi connectivity index (χ4v) is 1.78. The molecule has 0 saturated carbocycles. The van der Waals surface area contributed by atoms with Crippen LogP contribution in [0.4, 0.5) is 10.1 Å². The molecule has 0 fully saturated rings. The van der Waals surface area contributed by atoms with Crippen molar-refractivity contribution in [1.82, 2.24) is 0 Å². The zero-order valence-electron chi connectivity index (χ0n) is 8.02. The van der Waals surface area contributed by atoms with Crippen LogP contribution in [0, 0.1) is 22.9 Å². The third-order valence-corrected chi connectivity index (χ3v) is 2.93. The number of rotatable bonds is 2. The van der Waals surface area contributed by atoms with Gasteiger partial charge < -0.3 is 0 Å². The maximum Gasteiger partial charge on any atom is 0.306 e. The first-order chi connectivity index (χ1) is 6.73. The van der Waals surface area contributed by atoms with Gasteiger partial charge in [-0.05, 0) is 18.6 Å². The first kappa shape index (κ1) is 11.6. The maximum atomic E-state index is 13.2. The van der Waals surface area contributed by atoms with E-state index in [0.717, 1.165) is 18.4 Å². The predicted molar refractivity (Wildman–Crippen MR) is 50.9 cm³/mol. The average Bonchev–Trinajstić information content (AvgIpc) is 2.06. The molecule has 82 valence electrons. The molecule has 0 aliphatic rings. The highest BCUT2D eigenvalue weighted by Gasteiger charge is 2.21. The van der Waals surface area contributed by atoms with E-state index in [0.29, 0.717) is 0 Å². The largest absolute Gasteiger partial charge is 0.306 e. The molecule has 0 N–H and O–H groups in total. The van der Waals surface area contributed by atoms with Crippen LogP contribution in [-0.4, -0.2) is 19.6 Å². The van der Waals surface area contributed by atoms with Crippen molar-refractivity contribution in [3.8, 4) is 0 Å². The van der Waals surface area contributed by atoms with Gasteiger partial charge in [0.2, 0.25) is 5.82 Å². The fourth-order valence-electron chi connectivity index (χ4n) is 1.07. The molecular formula is C8H8FNO4S. The number of benzene rings is 1. The lowest BCUT2D eigenvalue weighted by Gasteiger charge is -2.02. The van der Waals surface area contributed by atoms with Gasteiger partial charge in [-0.1, -0.05) is 0 Å². The Labute approximate surface area is 85.6 Å². The highest BCUT2D eigenvalue weighted by molar-refractivity contribution is 7.90. The number of sulfone groups is 1. The summed E-state index contributed by atoms with van der Waals surface area (Å²) in [7, 11) is -3.57. The van der Waals surface area contributed by atoms with Crippen molar-refractivity contribution in [1.29, 1.82) is 0 Å². The second-order valence-electron chi connectivity index (χ2n) is 3.10. The summed E-state index contributed by atoms with van der Waals surface area (Å²) in [4.78, 5) is 9.22. The quantitative estimate of drug-likeness (QED) is 0.440. The van der Waals surface area contributed by atoms with Gasteiger partial charge in [0.1, 0.15) is 0 Å². The summed E-state index contributed by atoms with van der Waals surface area (Å²) in [5, 5.41) is 10.4. The molecule has 0 aliphatic heterocycles. The van der Waals surface area contributed by atoms with Crippen molar-refractivity contribution in [3.05, 3.63) is 33.6 Å². The summed E-state index contributed by atoms with van der Waals surface area (Å²) in [6, 6.07) is 1.79. The van der Waals surface area contributed by atoms with Gasteiger partial charge in [-0.25, -0.2) is 8.42 Å². The second kappa shape index (κ2) is 3.58. The van der Waals surface area contributed by atoms with E-state index < -0.39 is 26.3 Å². The van der Waals surface area contributed by atoms with Gasteiger partial charge in [-0.15, -0.1) is 0 Å². The molecule has 0 atom stereocenters. The van der Waals surface area contributed by atoms with Gasteiger partial charge in [-0.3, -0.25) is 10.1 Å². The molecule has 1 aromatic carbocycles. The third kappa shape index (κ3) is 2.30. The molecule has 0 radical (unpaired) electrons. The Morgan fingerprint density at radius 3 is 2.33 bits per heavy atom. The van der Waals surface area contributed by atoms with Crippen molar-refractivity contribution in [2.24, 2.45) is 0 Å². The van der Waals surface area contributed by atoms with Gasteiger partial charge in [0.05, 0.1) is 9.82 Å². The maximum absolute atomic E-state index is 13.2. The zero-order valence-corrected chi connectivity index (χ0v) is 8.84. The second-order valence-corrected chi connectivity index (χ2v) is 5.12. The van der Waals surface area contributed by atoms with Gasteiger partial charge in [0.25, 0.3) is 0 Å². The van der Waals surface area contributed by atoms with Crippen molar-refractivity contribution in [3.63, 3.8) is 0 Å². The van der Waals surface area contributed by atoms with E-state index in [1.807, 2.05) is 0 Å². The van der Waals surface area contributed by atoms with Crippen LogP contribution in [0.1, 0.15) is 5.56 Å². The minimum atomic E-state index is -3.57. The topological polar surface area (TPSA) is 77.3 Å². The van der Waals surface area contributed by atoms with E-state index in [9.17, 15) is 22.9 Å². The molecule has 0 unspecified atom stereocenters. The number of aryl methyl sites for hydroxylation is 1. The number of hydrogen-bond acceptors (Lipinski definition) is 4. The SMILES string of the molecule is Cc1cc(S(C)(=O)=O)cc([N+](=O)[O-])c1F. The van der Waals surface area contributed by atoms with Crippen LogP contribution in [0.3, 0.4) is 0 Å². The first-order valence-corrected chi connectivity index (χ1v) is 5.77. The van der Waals surface area contributed by atoms with Crippen molar-refractivity contribution in [2.75, 3.05) is 6.26 Å². The summed E-state index contributed by atoms with van der Waals surface area (Å²) < 4.78 is 35.4. The van der Waals surface area contributed by atoms with Crippen LogP contribution in [-0.2, 0) is 9.84 Å². The first-order valence-electron chi connectivity index (χ1n) is 3.88. The van der Waals surface area contributed by atoms with Crippen LogP contribution >= 0.6 is 0 Å². The fraction of sp³-hybridized carbons (Fsp3) is 0.250. The Morgan fingerprint density at radius 2 is 1.93 bits per heavy atom. The van der Waals surface area contributed by atoms with E-state index in [-0.39, 0.29) is 10.5 Å². The van der Waals surface area contributed by atoms with Crippen LogP contribution in [0.25, 0.3) is 0 Å². The summed E-state index contributed by atoms with van der Waals surface area (Å²) >= 11 is 0. The third-order valence-electron chi connectivity index (χ3n) is 1.83. The lowest BCUT2D eigenvalue weighted by molar-refractivity contribution is -0.387. The smallest absolute Gasteiger partial charge is 0.258 e. The van der Waals surface area contributed by atoms with E-state index >= 15 is 0 Å². The Morgan fingerprint density at radius 1 is 1.40 bits per heavy atom. The van der Waals surface area contributed by atoms with E-state index in [1.54, 1.807) is 0 Å². The molecule has 5 nitrogen and oxygen atoms in total. The minimum Gasteiger partial charge on any atom is -0.258 e. The van der Waals surface area contributed by atoms with Gasteiger partial charge >= 0.3 is 5.69 Å². The summed E-state index contributed by atoms with van der Waals surface area (Å²) in [6.45, 7) is 1.27. The molecule has 7 heteroatoms. The van der Waals surface area contributed by atoms with Gasteiger partial charge in [-0.2, -0.15) is 4.39 Å². The molecule has 0 spiro atoms. The van der Waals surface area contributed by atoms with Crippen molar-refractivity contribution >= 4 is 15.5 Å². The molecule has 0 amide bonds. The van der Waals surface area contributed by atoms with E-state index in [2.05, 4.69) is 0 Å². The lowest BCUT2D eigenvalue weighted by atomic mass is 10.2. The molecule has 1 aromatic rings. The number of hydrogen-bond donors (Lipinski definition) is 0. The number of nitrogens with zero attached hydrogens (tertiary/aromatic N) is 1. The normalized spacial score (nSPS) is 11.4. The number of nitro groups is 1. The Kier molecular flexibility index (Phi) is 2.76. The van der Waals surface area contributed by atoms with Crippen molar-refractivity contribution < 1.29 is 17.7 Å². The average molecular weight is 233 g/mol. The summed E-state index contributed by atoms with van der Waals surface area (Å²) in [5.74, 6) is -1.01. The predicted octanol–water partition coefficient (Wildman–Crippen LogP) is 1.45. The lowest BCUT2D eigenvalue weighted by Crippen LogP contribution is -2.02. The van der Waals surface area contributed by atoms with Crippen LogP contribution in [0.15, 0.2) is 17.0 Å². The molecule has 0 saturated heterocycles. The van der Waals surface area contributed by atoms with E-state index in [1.165, 1.54) is 6.92 Å². The van der Waals surface area contributed by atoms with Crippen LogP contribution in [0.5, 0.6) is 0 Å². The van der Waals surface area contributed by atoms with E-state index in [4.69, 9.17) is 0 Å².